The molecule has 0 radical (unpaired) electrons. The molecular weight excluding hydrogens is 589 g/mol. The minimum absolute atomic E-state index is 0.202. The van der Waals surface area contributed by atoms with Crippen LogP contribution in [-0.4, -0.2) is 30.5 Å². The quantitative estimate of drug-likeness (QED) is 0.139. The fourth-order valence-electron chi connectivity index (χ4n) is 2.49. The van der Waals surface area contributed by atoms with E-state index >= 15 is 0 Å². The Bertz CT molecular complexity index is 1150. The molecule has 0 aromatic heterocycles. The molecule has 0 fully saturated rings. The maximum absolute atomic E-state index is 12.1. The molecule has 0 unspecified atom stereocenters. The summed E-state index contributed by atoms with van der Waals surface area (Å²) in [6.07, 6.45) is 1.44. The zero-order valence-electron chi connectivity index (χ0n) is 16.5. The minimum atomic E-state index is -0.460. The molecule has 162 valence electrons. The van der Waals surface area contributed by atoms with E-state index in [1.165, 1.54) is 6.21 Å². The predicted molar refractivity (Wildman–Crippen MR) is 133 cm³/mol. The number of hydrogen-bond acceptors (Lipinski definition) is 5. The van der Waals surface area contributed by atoms with Gasteiger partial charge in [0.25, 0.3) is 11.8 Å². The number of carbonyl (C=O) groups is 3. The Morgan fingerprint density at radius 1 is 0.969 bits per heavy atom. The van der Waals surface area contributed by atoms with Crippen molar-refractivity contribution in [2.75, 3.05) is 6.54 Å². The molecular formula is C23H17BrIN3O4. The molecule has 9 heteroatoms. The van der Waals surface area contributed by atoms with Gasteiger partial charge in [0.2, 0.25) is 0 Å². The molecule has 7 nitrogen and oxygen atoms in total. The Morgan fingerprint density at radius 3 is 2.34 bits per heavy atom. The van der Waals surface area contributed by atoms with Gasteiger partial charge in [-0.2, -0.15) is 5.10 Å². The highest BCUT2D eigenvalue weighted by Crippen LogP contribution is 2.16. The summed E-state index contributed by atoms with van der Waals surface area (Å²) in [5.41, 5.74) is 3.99. The lowest BCUT2D eigenvalue weighted by atomic mass is 10.2. The van der Waals surface area contributed by atoms with E-state index in [0.29, 0.717) is 22.4 Å². The normalized spacial score (nSPS) is 10.6. The van der Waals surface area contributed by atoms with Crippen molar-refractivity contribution in [3.63, 3.8) is 0 Å². The Labute approximate surface area is 206 Å². The monoisotopic (exact) mass is 605 g/mol. The van der Waals surface area contributed by atoms with E-state index in [2.05, 4.69) is 54.4 Å². The summed E-state index contributed by atoms with van der Waals surface area (Å²) in [6, 6.07) is 20.6. The van der Waals surface area contributed by atoms with Crippen LogP contribution in [0.25, 0.3) is 0 Å². The SMILES string of the molecule is O=C(CNC(=O)c1ccccc1I)NN=Cc1ccc(OC(=O)c2ccc(Br)cc2)cc1. The maximum Gasteiger partial charge on any atom is 0.343 e. The number of amides is 2. The number of hydrazone groups is 1. The minimum Gasteiger partial charge on any atom is -0.423 e. The second-order valence-corrected chi connectivity index (χ2v) is 8.50. The van der Waals surface area contributed by atoms with Gasteiger partial charge in [-0.15, -0.1) is 0 Å². The van der Waals surface area contributed by atoms with Crippen LogP contribution in [0.15, 0.2) is 82.4 Å². The predicted octanol–water partition coefficient (Wildman–Crippen LogP) is 4.15. The average Bonchev–Trinajstić information content (AvgIpc) is 2.79. The summed E-state index contributed by atoms with van der Waals surface area (Å²) in [5, 5.41) is 6.42. The topological polar surface area (TPSA) is 96.9 Å². The van der Waals surface area contributed by atoms with Gasteiger partial charge in [0.05, 0.1) is 23.9 Å². The third kappa shape index (κ3) is 6.99. The van der Waals surface area contributed by atoms with Crippen molar-refractivity contribution in [1.82, 2.24) is 10.7 Å². The molecule has 0 bridgehead atoms. The number of nitrogens with one attached hydrogen (secondary N) is 2. The second kappa shape index (κ2) is 11.5. The van der Waals surface area contributed by atoms with Gasteiger partial charge in [-0.3, -0.25) is 9.59 Å². The summed E-state index contributed by atoms with van der Waals surface area (Å²) < 4.78 is 7.00. The Morgan fingerprint density at radius 2 is 1.66 bits per heavy atom. The van der Waals surface area contributed by atoms with E-state index < -0.39 is 11.9 Å². The van der Waals surface area contributed by atoms with Crippen LogP contribution < -0.4 is 15.5 Å². The lowest BCUT2D eigenvalue weighted by molar-refractivity contribution is -0.120. The largest absolute Gasteiger partial charge is 0.423 e. The Hall–Kier alpha value is -3.05. The van der Waals surface area contributed by atoms with Crippen molar-refractivity contribution in [1.29, 1.82) is 0 Å². The number of benzene rings is 3. The van der Waals surface area contributed by atoms with Gasteiger partial charge < -0.3 is 10.1 Å². The third-order valence-electron chi connectivity index (χ3n) is 4.10. The number of carbonyl (C=O) groups excluding carboxylic acids is 3. The number of esters is 1. The van der Waals surface area contributed by atoms with E-state index in [1.807, 2.05) is 12.1 Å². The molecule has 0 heterocycles. The molecule has 0 aliphatic carbocycles. The van der Waals surface area contributed by atoms with Crippen LogP contribution in [0.1, 0.15) is 26.3 Å². The summed E-state index contributed by atoms with van der Waals surface area (Å²) in [7, 11) is 0. The standard InChI is InChI=1S/C23H17BrIN3O4/c24-17-9-7-16(8-10-17)23(31)32-18-11-5-15(6-12-18)13-27-28-21(29)14-26-22(30)19-3-1-2-4-20(19)25/h1-13H,14H2,(H,26,30)(H,28,29). The molecule has 0 saturated carbocycles. The van der Waals surface area contributed by atoms with E-state index in [1.54, 1.807) is 60.7 Å². The van der Waals surface area contributed by atoms with Crippen molar-refractivity contribution < 1.29 is 19.1 Å². The molecule has 3 rings (SSSR count). The summed E-state index contributed by atoms with van der Waals surface area (Å²) in [6.45, 7) is -0.202. The molecule has 0 spiro atoms. The van der Waals surface area contributed by atoms with Crippen molar-refractivity contribution in [3.05, 3.63) is 97.5 Å². The highest BCUT2D eigenvalue weighted by Gasteiger charge is 2.10. The van der Waals surface area contributed by atoms with Gasteiger partial charge in [-0.25, -0.2) is 10.2 Å². The average molecular weight is 606 g/mol. The third-order valence-corrected chi connectivity index (χ3v) is 5.57. The number of rotatable bonds is 7. The molecule has 0 atom stereocenters. The fourth-order valence-corrected chi connectivity index (χ4v) is 3.39. The molecule has 3 aromatic rings. The summed E-state index contributed by atoms with van der Waals surface area (Å²) in [4.78, 5) is 36.1. The molecule has 0 aliphatic rings. The van der Waals surface area contributed by atoms with Crippen molar-refractivity contribution >= 4 is 62.5 Å². The van der Waals surface area contributed by atoms with E-state index in [-0.39, 0.29) is 12.5 Å². The highest BCUT2D eigenvalue weighted by molar-refractivity contribution is 14.1. The van der Waals surface area contributed by atoms with Crippen LogP contribution >= 0.6 is 38.5 Å². The van der Waals surface area contributed by atoms with Crippen molar-refractivity contribution in [3.8, 4) is 5.75 Å². The number of ether oxygens (including phenoxy) is 1. The van der Waals surface area contributed by atoms with Crippen LogP contribution in [0.5, 0.6) is 5.75 Å². The Balaban J connectivity index is 1.45. The molecule has 32 heavy (non-hydrogen) atoms. The zero-order chi connectivity index (χ0) is 22.9. The molecule has 2 N–H and O–H groups in total. The summed E-state index contributed by atoms with van der Waals surface area (Å²) >= 11 is 5.38. The van der Waals surface area contributed by atoms with Gasteiger partial charge in [0.15, 0.2) is 0 Å². The smallest absolute Gasteiger partial charge is 0.343 e. The van der Waals surface area contributed by atoms with Crippen LogP contribution in [0.4, 0.5) is 0 Å². The number of halogens is 2. The first-order valence-electron chi connectivity index (χ1n) is 9.35. The number of hydrogen-bond donors (Lipinski definition) is 2. The molecule has 3 aromatic carbocycles. The maximum atomic E-state index is 12.1. The van der Waals surface area contributed by atoms with E-state index in [9.17, 15) is 14.4 Å². The van der Waals surface area contributed by atoms with E-state index in [4.69, 9.17) is 4.74 Å². The first-order chi connectivity index (χ1) is 15.4. The van der Waals surface area contributed by atoms with Crippen molar-refractivity contribution in [2.45, 2.75) is 0 Å². The number of nitrogens with zero attached hydrogens (tertiary/aromatic N) is 1. The van der Waals surface area contributed by atoms with Crippen LogP contribution in [0, 0.1) is 3.57 Å². The van der Waals surface area contributed by atoms with Crippen LogP contribution in [-0.2, 0) is 4.79 Å². The van der Waals surface area contributed by atoms with Gasteiger partial charge in [0.1, 0.15) is 5.75 Å². The van der Waals surface area contributed by atoms with Gasteiger partial charge in [-0.1, -0.05) is 28.1 Å². The molecule has 0 saturated heterocycles. The summed E-state index contributed by atoms with van der Waals surface area (Å²) in [5.74, 6) is -0.862. The fraction of sp³-hybridized carbons (Fsp3) is 0.0435. The Kier molecular flexibility index (Phi) is 8.51. The molecule has 0 aliphatic heterocycles. The first kappa shape index (κ1) is 23.6. The second-order valence-electron chi connectivity index (χ2n) is 6.42. The van der Waals surface area contributed by atoms with Crippen LogP contribution in [0.2, 0.25) is 0 Å². The first-order valence-corrected chi connectivity index (χ1v) is 11.2. The van der Waals surface area contributed by atoms with Crippen LogP contribution in [0.3, 0.4) is 0 Å². The van der Waals surface area contributed by atoms with E-state index in [0.717, 1.165) is 8.04 Å². The van der Waals surface area contributed by atoms with Gasteiger partial charge in [-0.05, 0) is 88.8 Å². The lowest BCUT2D eigenvalue weighted by Gasteiger charge is -2.06. The van der Waals surface area contributed by atoms with Gasteiger partial charge >= 0.3 is 5.97 Å². The highest BCUT2D eigenvalue weighted by atomic mass is 127. The van der Waals surface area contributed by atoms with Crippen molar-refractivity contribution in [2.24, 2.45) is 5.10 Å². The molecule has 2 amide bonds. The van der Waals surface area contributed by atoms with Gasteiger partial charge in [0, 0.05) is 8.04 Å². The lowest BCUT2D eigenvalue weighted by Crippen LogP contribution is -2.35. The zero-order valence-corrected chi connectivity index (χ0v) is 20.3.